The van der Waals surface area contributed by atoms with E-state index in [1.54, 1.807) is 30.6 Å². The number of amidine groups is 1. The normalized spacial score (nSPS) is 12.1. The van der Waals surface area contributed by atoms with E-state index in [0.717, 1.165) is 48.3 Å². The molecule has 4 rings (SSSR count). The molecule has 1 aliphatic heterocycles. The van der Waals surface area contributed by atoms with Crippen LogP contribution in [0.4, 0.5) is 28.9 Å². The van der Waals surface area contributed by atoms with E-state index in [4.69, 9.17) is 124 Å². The van der Waals surface area contributed by atoms with Crippen LogP contribution in [0.3, 0.4) is 0 Å². The molecule has 1 aliphatic rings. The second-order valence-corrected chi connectivity index (χ2v) is 26.6. The van der Waals surface area contributed by atoms with Gasteiger partial charge in [0.05, 0.1) is 354 Å². The number of amides is 2. The van der Waals surface area contributed by atoms with Gasteiger partial charge >= 0.3 is 5.97 Å². The van der Waals surface area contributed by atoms with Gasteiger partial charge in [-0.3, -0.25) is 19.4 Å². The number of allylic oxidation sites excluding steroid dienone is 1. The highest BCUT2D eigenvalue weighted by atomic mass is 19.2. The summed E-state index contributed by atoms with van der Waals surface area (Å²) >= 11 is 0. The zero-order valence-electron chi connectivity index (χ0n) is 72.6. The Morgan fingerprint density at radius 1 is 0.403 bits per heavy atom. The minimum atomic E-state index is -1.80. The largest absolute Gasteiger partial charge is 0.420 e. The van der Waals surface area contributed by atoms with Crippen LogP contribution in [0, 0.1) is 23.3 Å². The van der Waals surface area contributed by atoms with Gasteiger partial charge in [0.25, 0.3) is 5.91 Å². The molecule has 0 unspecified atom stereocenters. The van der Waals surface area contributed by atoms with Crippen molar-refractivity contribution >= 4 is 41.1 Å². The van der Waals surface area contributed by atoms with Crippen molar-refractivity contribution < 1.29 is 155 Å². The van der Waals surface area contributed by atoms with E-state index in [-0.39, 0.29) is 63.9 Å². The molecule has 1 aromatic heterocycles. The van der Waals surface area contributed by atoms with Crippen LogP contribution in [-0.2, 0) is 135 Å². The Balaban J connectivity index is 0.726. The molecule has 0 atom stereocenters. The molecule has 39 heteroatoms. The van der Waals surface area contributed by atoms with E-state index >= 15 is 0 Å². The molecule has 0 radical (unpaired) electrons. The second-order valence-electron chi connectivity index (χ2n) is 26.6. The number of hydrogen-bond acceptors (Lipinski definition) is 33. The number of benzene rings is 2. The number of aromatic nitrogens is 1. The van der Waals surface area contributed by atoms with Crippen LogP contribution >= 0.6 is 0 Å². The van der Waals surface area contributed by atoms with Gasteiger partial charge in [-0.1, -0.05) is 26.5 Å². The average Bonchev–Trinajstić information content (AvgIpc) is 1.69. The number of nitrogens with two attached hydrogens (primary N) is 1. The molecule has 2 aromatic carbocycles. The number of carbonyl (C=O) groups is 3. The Morgan fingerprint density at radius 3 is 1.01 bits per heavy atom. The molecule has 708 valence electrons. The molecular formula is C85H136F4N6O29. The van der Waals surface area contributed by atoms with Crippen LogP contribution in [0.2, 0.25) is 0 Å². The molecule has 0 fully saturated rings. The number of nitrogens with zero attached hydrogens (tertiary/aromatic N) is 3. The van der Waals surface area contributed by atoms with Crippen molar-refractivity contribution in [3.05, 3.63) is 101 Å². The molecule has 2 heterocycles. The molecule has 0 saturated carbocycles. The fourth-order valence-corrected chi connectivity index (χ4v) is 10.5. The average molecular weight is 1780 g/mol. The molecule has 0 saturated heterocycles. The molecular weight excluding hydrogens is 1640 g/mol. The van der Waals surface area contributed by atoms with Crippen LogP contribution in [0.5, 0.6) is 5.75 Å². The number of halogens is 4. The summed E-state index contributed by atoms with van der Waals surface area (Å²) in [5, 5.41) is 5.77. The van der Waals surface area contributed by atoms with Gasteiger partial charge in [0.2, 0.25) is 23.3 Å². The lowest BCUT2D eigenvalue weighted by molar-refractivity contribution is -0.136. The van der Waals surface area contributed by atoms with Crippen molar-refractivity contribution in [1.82, 2.24) is 15.2 Å². The fourth-order valence-electron chi connectivity index (χ4n) is 10.5. The number of pyridine rings is 1. The number of anilines is 1. The third-order valence-corrected chi connectivity index (χ3v) is 16.7. The number of aliphatic imine (C=N–C) groups is 1. The van der Waals surface area contributed by atoms with Crippen LogP contribution < -0.4 is 21.1 Å². The number of rotatable bonds is 89. The van der Waals surface area contributed by atoms with E-state index in [1.807, 2.05) is 6.07 Å². The van der Waals surface area contributed by atoms with E-state index in [9.17, 15) is 31.9 Å². The zero-order chi connectivity index (χ0) is 88.7. The van der Waals surface area contributed by atoms with E-state index in [1.165, 1.54) is 0 Å². The first kappa shape index (κ1) is 110. The van der Waals surface area contributed by atoms with Crippen LogP contribution in [-0.4, -0.2) is 377 Å². The fraction of sp³-hybridized carbons (Fsp3) is 0.706. The predicted molar refractivity (Wildman–Crippen MR) is 447 cm³/mol. The first-order valence-corrected chi connectivity index (χ1v) is 42.5. The van der Waals surface area contributed by atoms with Crippen molar-refractivity contribution in [3.63, 3.8) is 0 Å². The predicted octanol–water partition coefficient (Wildman–Crippen LogP) is 6.72. The zero-order valence-corrected chi connectivity index (χ0v) is 72.6. The maximum absolute atomic E-state index is 13.6. The maximum atomic E-state index is 13.6. The summed E-state index contributed by atoms with van der Waals surface area (Å²) in [6.45, 7) is 31.0. The number of carbonyl (C=O) groups excluding carboxylic acids is 3. The van der Waals surface area contributed by atoms with Gasteiger partial charge in [0, 0.05) is 61.6 Å². The Labute approximate surface area is 726 Å². The van der Waals surface area contributed by atoms with Gasteiger partial charge in [-0.05, 0) is 48.3 Å². The van der Waals surface area contributed by atoms with Gasteiger partial charge in [0.1, 0.15) is 5.84 Å². The third kappa shape index (κ3) is 59.5. The lowest BCUT2D eigenvalue weighted by atomic mass is 10.0. The van der Waals surface area contributed by atoms with Crippen molar-refractivity contribution in [2.75, 3.05) is 349 Å². The number of esters is 1. The topological polar surface area (TPSA) is 370 Å². The van der Waals surface area contributed by atoms with Gasteiger partial charge in [0.15, 0.2) is 11.6 Å². The molecule has 124 heavy (non-hydrogen) atoms. The minimum Gasteiger partial charge on any atom is -0.420 e. The first-order chi connectivity index (χ1) is 60.9. The molecule has 35 nitrogen and oxygen atoms in total. The Morgan fingerprint density at radius 2 is 0.702 bits per heavy atom. The highest BCUT2D eigenvalue weighted by Gasteiger charge is 2.24. The van der Waals surface area contributed by atoms with Gasteiger partial charge < -0.3 is 144 Å². The summed E-state index contributed by atoms with van der Waals surface area (Å²) in [5.74, 6) is -9.59. The van der Waals surface area contributed by atoms with E-state index in [0.29, 0.717) is 327 Å². The van der Waals surface area contributed by atoms with Gasteiger partial charge in [-0.15, -0.1) is 0 Å². The standard InChI is InChI=1S/C85H136F4N6O29/c1-4-10-95(11-5-2)70(3)74-63-72-6-7-73(64-78(72)94-79(90)65-74)85(98)93-75-62-71(67-91-69-75)68-92-80(96)8-12-99-14-16-101-18-20-103-22-24-105-26-28-107-30-32-109-34-36-111-38-40-113-42-44-115-46-48-117-50-52-119-54-56-121-58-60-123-61-59-122-57-55-120-53-51-118-49-47-116-45-43-114-41-39-112-37-35-110-33-31-108-29-27-106-25-23-104-21-19-102-17-15-100-13-9-81(97)124-84-82(88)76(86)66-77(87)83(84)89/h6-7,62-64,66-67,69H,3-5,8-61,65,68H2,1-2H3,(H2,90,94)(H,92,96)(H,93,98). The SMILES string of the molecule is C=C(C1=Cc2ccc(C(=O)Nc3cncc(CNC(=O)CCOCCOCCOCCOCCOCCOCCOCCOCCOCCOCCOCCOCCOCCOCCOCCOCCOCCOCCOCCOCCOCCOCCOCCOCCOCCC(=O)Oc4c(F)c(F)cc(F)c4F)c3)cc2N=C(N)C1)N(CCC)CCC. The summed E-state index contributed by atoms with van der Waals surface area (Å²) in [6, 6.07) is 7.14. The molecule has 0 aliphatic carbocycles. The number of nitrogens with one attached hydrogen (secondary N) is 2. The number of ether oxygens (including phenoxy) is 26. The lowest BCUT2D eigenvalue weighted by Gasteiger charge is -2.27. The van der Waals surface area contributed by atoms with Crippen molar-refractivity contribution in [2.24, 2.45) is 10.7 Å². The maximum Gasteiger partial charge on any atom is 0.313 e. The summed E-state index contributed by atoms with van der Waals surface area (Å²) in [6.07, 6.45) is 7.50. The van der Waals surface area contributed by atoms with Crippen molar-refractivity contribution in [2.45, 2.75) is 52.5 Å². The number of hydrogen-bond donors (Lipinski definition) is 3. The second kappa shape index (κ2) is 78.7. The molecule has 4 N–H and O–H groups in total. The molecule has 2 amide bonds. The smallest absolute Gasteiger partial charge is 0.313 e. The first-order valence-electron chi connectivity index (χ1n) is 42.5. The molecule has 0 bridgehead atoms. The summed E-state index contributed by atoms with van der Waals surface area (Å²) < 4.78 is 196. The van der Waals surface area contributed by atoms with Crippen molar-refractivity contribution in [3.8, 4) is 5.75 Å². The highest BCUT2D eigenvalue weighted by molar-refractivity contribution is 6.05. The molecule has 3 aromatic rings. The minimum absolute atomic E-state index is 0.0153. The third-order valence-electron chi connectivity index (χ3n) is 16.7. The summed E-state index contributed by atoms with van der Waals surface area (Å²) in [5.41, 5.74) is 11.4. The summed E-state index contributed by atoms with van der Waals surface area (Å²) in [7, 11) is 0. The van der Waals surface area contributed by atoms with Gasteiger partial charge in [-0.25, -0.2) is 13.8 Å². The number of fused-ring (bicyclic) bond motifs is 1. The quantitative estimate of drug-likeness (QED) is 0.0173. The van der Waals surface area contributed by atoms with Gasteiger partial charge in [-0.2, -0.15) is 8.78 Å². The summed E-state index contributed by atoms with van der Waals surface area (Å²) in [4.78, 5) is 48.8. The van der Waals surface area contributed by atoms with Crippen LogP contribution in [0.1, 0.15) is 67.4 Å². The lowest BCUT2D eigenvalue weighted by Crippen LogP contribution is -2.26. The van der Waals surface area contributed by atoms with Crippen LogP contribution in [0.15, 0.2) is 65.6 Å². The van der Waals surface area contributed by atoms with Crippen LogP contribution in [0.25, 0.3) is 6.08 Å². The Bertz CT molecular complexity index is 3210. The Hall–Kier alpha value is -6.53. The highest BCUT2D eigenvalue weighted by Crippen LogP contribution is 2.32. The Kier molecular flexibility index (Phi) is 69.7. The van der Waals surface area contributed by atoms with E-state index in [2.05, 4.69) is 56.7 Å². The van der Waals surface area contributed by atoms with E-state index < -0.39 is 41.4 Å². The monoisotopic (exact) mass is 1780 g/mol. The molecule has 0 spiro atoms. The van der Waals surface area contributed by atoms with Crippen molar-refractivity contribution in [1.29, 1.82) is 0 Å².